The van der Waals surface area contributed by atoms with Crippen LogP contribution >= 0.6 is 7.82 Å². The zero-order chi connectivity index (χ0) is 61.6. The minimum atomic E-state index is -4.42. The van der Waals surface area contributed by atoms with E-state index in [0.717, 1.165) is 154 Å². The van der Waals surface area contributed by atoms with E-state index < -0.39 is 32.5 Å². The molecule has 0 heterocycles. The van der Waals surface area contributed by atoms with Crippen LogP contribution in [0, 0.1) is 0 Å². The van der Waals surface area contributed by atoms with Crippen molar-refractivity contribution in [3.05, 3.63) is 207 Å². The molecule has 0 aliphatic heterocycles. The molecule has 0 spiro atoms. The van der Waals surface area contributed by atoms with Gasteiger partial charge in [-0.1, -0.05) is 265 Å². The fourth-order valence-corrected chi connectivity index (χ4v) is 8.70. The largest absolute Gasteiger partial charge is 0.472 e. The Kier molecular flexibility index (Phi) is 63.4. The molecular weight excluding hydrogens is 1070 g/mol. The molecule has 0 aliphatic rings. The van der Waals surface area contributed by atoms with Gasteiger partial charge in [0.1, 0.15) is 6.61 Å². The first-order valence-electron chi connectivity index (χ1n) is 32.6. The molecule has 85 heavy (non-hydrogen) atoms. The Hall–Kier alpha value is -5.41. The van der Waals surface area contributed by atoms with Crippen LogP contribution in [-0.4, -0.2) is 49.3 Å². The van der Waals surface area contributed by atoms with E-state index >= 15 is 0 Å². The van der Waals surface area contributed by atoms with Gasteiger partial charge in [-0.2, -0.15) is 0 Å². The lowest BCUT2D eigenvalue weighted by atomic mass is 10.1. The van der Waals surface area contributed by atoms with E-state index in [2.05, 4.69) is 220 Å². The standard InChI is InChI=1S/C75H116NO8P/c1-3-5-7-9-11-13-15-17-19-21-23-25-27-29-31-32-33-34-35-36-37-38-39-40-42-44-46-48-50-52-54-56-58-60-62-64-66-68-75(78)84-73(72-83-85(79,80)82-70-69-76)71-81-74(77)67-65-63-61-59-57-55-53-51-49-47-45-43-41-30-28-26-24-22-20-18-16-14-12-10-8-6-4-2/h5-8,11-14,17-20,23-26,29-31,33-34,36-37,39-41,44-47,50,52,56,58,73H,3-4,9-10,15-16,21-22,27-28,32,35,38,42-43,48-49,51,53-55,57,59-72,76H2,1-2H3,(H,79,80)/b7-5-,8-6-,13-11-,14-12-,19-17-,20-18-,25-23-,26-24-,31-29-,34-33-,37-36-,40-39-,41-30-,46-44-,47-45-,52-50-,58-56-. The fraction of sp³-hybridized carbons (Fsp3) is 0.520. The van der Waals surface area contributed by atoms with Crippen LogP contribution in [0.1, 0.15) is 219 Å². The van der Waals surface area contributed by atoms with Crippen molar-refractivity contribution in [2.24, 2.45) is 5.73 Å². The minimum absolute atomic E-state index is 0.0344. The second-order valence-corrected chi connectivity index (χ2v) is 22.0. The molecule has 3 N–H and O–H groups in total. The molecule has 10 heteroatoms. The van der Waals surface area contributed by atoms with E-state index in [0.29, 0.717) is 12.8 Å². The van der Waals surface area contributed by atoms with Crippen molar-refractivity contribution in [2.45, 2.75) is 225 Å². The number of carbonyl (C=O) groups is 2. The highest BCUT2D eigenvalue weighted by atomic mass is 31.2. The molecule has 0 radical (unpaired) electrons. The van der Waals surface area contributed by atoms with Crippen LogP contribution < -0.4 is 5.73 Å². The lowest BCUT2D eigenvalue weighted by Crippen LogP contribution is -2.29. The number of carbonyl (C=O) groups excluding carboxylic acids is 2. The lowest BCUT2D eigenvalue weighted by Gasteiger charge is -2.19. The van der Waals surface area contributed by atoms with Crippen LogP contribution in [0.15, 0.2) is 207 Å². The molecule has 474 valence electrons. The average molecular weight is 1190 g/mol. The van der Waals surface area contributed by atoms with Crippen LogP contribution in [0.25, 0.3) is 0 Å². The normalized spacial score (nSPS) is 14.4. The molecule has 0 aromatic carbocycles. The van der Waals surface area contributed by atoms with Crippen molar-refractivity contribution in [1.29, 1.82) is 0 Å². The number of allylic oxidation sites excluding steroid dienone is 34. The maximum absolute atomic E-state index is 12.7. The third kappa shape index (κ3) is 67.6. The van der Waals surface area contributed by atoms with Gasteiger partial charge in [-0.25, -0.2) is 4.57 Å². The Bertz CT molecular complexity index is 2140. The number of phosphoric ester groups is 1. The Labute approximate surface area is 518 Å². The number of nitrogens with two attached hydrogens (primary N) is 1. The Balaban J connectivity index is 4.11. The molecule has 2 unspecified atom stereocenters. The fourth-order valence-electron chi connectivity index (χ4n) is 7.94. The number of rotatable bonds is 58. The van der Waals surface area contributed by atoms with E-state index in [1.165, 1.54) is 25.7 Å². The minimum Gasteiger partial charge on any atom is -0.462 e. The van der Waals surface area contributed by atoms with Gasteiger partial charge in [0.2, 0.25) is 0 Å². The number of ether oxygens (including phenoxy) is 2. The van der Waals surface area contributed by atoms with E-state index in [-0.39, 0.29) is 32.6 Å². The summed E-state index contributed by atoms with van der Waals surface area (Å²) in [6.45, 7) is 3.43. The van der Waals surface area contributed by atoms with Gasteiger partial charge in [0.05, 0.1) is 13.2 Å². The van der Waals surface area contributed by atoms with Crippen molar-refractivity contribution < 1.29 is 37.6 Å². The maximum Gasteiger partial charge on any atom is 0.472 e. The number of hydrogen-bond acceptors (Lipinski definition) is 8. The number of unbranched alkanes of at least 4 members (excludes halogenated alkanes) is 11. The summed E-state index contributed by atoms with van der Waals surface area (Å²) >= 11 is 0. The molecule has 9 nitrogen and oxygen atoms in total. The Morgan fingerprint density at radius 1 is 0.353 bits per heavy atom. The maximum atomic E-state index is 12.7. The zero-order valence-corrected chi connectivity index (χ0v) is 53.9. The molecule has 0 bridgehead atoms. The molecular formula is C75H116NO8P. The molecule has 0 fully saturated rings. The quantitative estimate of drug-likeness (QED) is 0.0264. The molecule has 0 aromatic heterocycles. The van der Waals surface area contributed by atoms with Gasteiger partial charge < -0.3 is 20.1 Å². The summed E-state index contributed by atoms with van der Waals surface area (Å²) in [5.41, 5.74) is 5.39. The second-order valence-electron chi connectivity index (χ2n) is 20.5. The van der Waals surface area contributed by atoms with Crippen molar-refractivity contribution in [3.8, 4) is 0 Å². The second kappa shape index (κ2) is 67.7. The first-order valence-corrected chi connectivity index (χ1v) is 34.1. The van der Waals surface area contributed by atoms with Gasteiger partial charge in [-0.3, -0.25) is 18.6 Å². The molecule has 0 rings (SSSR count). The summed E-state index contributed by atoms with van der Waals surface area (Å²) in [4.78, 5) is 35.3. The van der Waals surface area contributed by atoms with Crippen LogP contribution in [0.2, 0.25) is 0 Å². The lowest BCUT2D eigenvalue weighted by molar-refractivity contribution is -0.161. The smallest absolute Gasteiger partial charge is 0.462 e. The van der Waals surface area contributed by atoms with Gasteiger partial charge in [-0.15, -0.1) is 0 Å². The van der Waals surface area contributed by atoms with Crippen molar-refractivity contribution in [1.82, 2.24) is 0 Å². The predicted octanol–water partition coefficient (Wildman–Crippen LogP) is 21.5. The highest BCUT2D eigenvalue weighted by molar-refractivity contribution is 7.47. The third-order valence-corrected chi connectivity index (χ3v) is 13.6. The van der Waals surface area contributed by atoms with Crippen molar-refractivity contribution in [2.75, 3.05) is 26.4 Å². The predicted molar refractivity (Wildman–Crippen MR) is 366 cm³/mol. The Morgan fingerprint density at radius 2 is 0.612 bits per heavy atom. The van der Waals surface area contributed by atoms with Gasteiger partial charge in [0.15, 0.2) is 6.10 Å². The molecule has 2 atom stereocenters. The van der Waals surface area contributed by atoms with Crippen molar-refractivity contribution in [3.63, 3.8) is 0 Å². The Morgan fingerprint density at radius 3 is 0.918 bits per heavy atom. The summed E-state index contributed by atoms with van der Waals surface area (Å²) < 4.78 is 33.1. The summed E-state index contributed by atoms with van der Waals surface area (Å²) in [5, 5.41) is 0. The first-order chi connectivity index (χ1) is 41.8. The van der Waals surface area contributed by atoms with Gasteiger partial charge in [-0.05, 0) is 148 Å². The molecule has 0 saturated heterocycles. The summed E-state index contributed by atoms with van der Waals surface area (Å²) in [6.07, 6.45) is 105. The van der Waals surface area contributed by atoms with E-state index in [1.807, 2.05) is 0 Å². The van der Waals surface area contributed by atoms with E-state index in [9.17, 15) is 19.0 Å². The third-order valence-electron chi connectivity index (χ3n) is 12.7. The molecule has 0 amide bonds. The highest BCUT2D eigenvalue weighted by Gasteiger charge is 2.26. The zero-order valence-electron chi connectivity index (χ0n) is 53.0. The van der Waals surface area contributed by atoms with Crippen molar-refractivity contribution >= 4 is 19.8 Å². The molecule has 0 saturated carbocycles. The van der Waals surface area contributed by atoms with E-state index in [4.69, 9.17) is 24.3 Å². The molecule has 0 aliphatic carbocycles. The first kappa shape index (κ1) is 79.6. The number of hydrogen-bond donors (Lipinski definition) is 2. The molecule has 0 aromatic rings. The van der Waals surface area contributed by atoms with E-state index in [1.54, 1.807) is 0 Å². The topological polar surface area (TPSA) is 134 Å². The summed E-state index contributed by atoms with van der Waals surface area (Å²) in [6, 6.07) is 0. The summed E-state index contributed by atoms with van der Waals surface area (Å²) in [5.74, 6) is -0.894. The van der Waals surface area contributed by atoms with Gasteiger partial charge in [0, 0.05) is 19.4 Å². The number of esters is 2. The van der Waals surface area contributed by atoms with Crippen LogP contribution in [0.5, 0.6) is 0 Å². The number of phosphoric acid groups is 1. The van der Waals surface area contributed by atoms with Crippen LogP contribution in [0.3, 0.4) is 0 Å². The van der Waals surface area contributed by atoms with Crippen LogP contribution in [0.4, 0.5) is 0 Å². The highest BCUT2D eigenvalue weighted by Crippen LogP contribution is 2.43. The van der Waals surface area contributed by atoms with Crippen LogP contribution in [-0.2, 0) is 32.7 Å². The summed E-state index contributed by atoms with van der Waals surface area (Å²) in [7, 11) is -4.42. The average Bonchev–Trinajstić information content (AvgIpc) is 3.52. The monoisotopic (exact) mass is 1190 g/mol. The van der Waals surface area contributed by atoms with Gasteiger partial charge in [0.25, 0.3) is 0 Å². The SMILES string of the molecule is CC/C=C\C/C=C\C/C=C\C/C=C\C/C=C\C/C=C\C/C=C\C/C=C\C/C=C\C/C=C\C/C=C\CCCCCC(=O)OC(COC(=O)CCCCCCCCCC/C=C\C/C=C\C/C=C\C/C=C\C/C=C\C/C=C\CC)COP(=O)(O)OCCN. The van der Waals surface area contributed by atoms with Gasteiger partial charge >= 0.3 is 19.8 Å².